The van der Waals surface area contributed by atoms with E-state index in [1.54, 1.807) is 19.1 Å². The minimum Gasteiger partial charge on any atom is -0.469 e. The van der Waals surface area contributed by atoms with Crippen LogP contribution in [0, 0.1) is 0 Å². The zero-order valence-corrected chi connectivity index (χ0v) is 19.5. The van der Waals surface area contributed by atoms with Gasteiger partial charge in [-0.3, -0.25) is 14.4 Å². The van der Waals surface area contributed by atoms with Crippen LogP contribution in [0.1, 0.15) is 18.9 Å². The quantitative estimate of drug-likeness (QED) is 0.408. The Labute approximate surface area is 200 Å². The molecule has 0 saturated carbocycles. The molecular weight excluding hydrogens is 464 g/mol. The van der Waals surface area contributed by atoms with Crippen molar-refractivity contribution in [1.29, 1.82) is 0 Å². The Kier molecular flexibility index (Phi) is 7.13. The summed E-state index contributed by atoms with van der Waals surface area (Å²) in [6, 6.07) is 6.09. The van der Waals surface area contributed by atoms with Crippen molar-refractivity contribution in [2.24, 2.45) is 5.73 Å². The van der Waals surface area contributed by atoms with Gasteiger partial charge in [0.05, 0.1) is 39.9 Å². The first-order valence-corrected chi connectivity index (χ1v) is 10.4. The monoisotopic (exact) mass is 488 g/mol. The van der Waals surface area contributed by atoms with E-state index < -0.39 is 65.2 Å². The topological polar surface area (TPSA) is 161 Å². The average Bonchev–Trinajstić information content (AvgIpc) is 3.06. The van der Waals surface area contributed by atoms with Gasteiger partial charge in [-0.1, -0.05) is 18.2 Å². The summed E-state index contributed by atoms with van der Waals surface area (Å²) in [7, 11) is 3.29. The second-order valence-corrected chi connectivity index (χ2v) is 7.34. The van der Waals surface area contributed by atoms with Crippen LogP contribution in [-0.4, -0.2) is 69.2 Å². The molecule has 2 aliphatic heterocycles. The van der Waals surface area contributed by atoms with Crippen LogP contribution in [0.3, 0.4) is 0 Å². The third-order valence-electron chi connectivity index (χ3n) is 5.61. The number of fused-ring (bicyclic) bond motifs is 2. The zero-order chi connectivity index (χ0) is 25.9. The molecule has 1 aromatic rings. The Balaban J connectivity index is 2.49. The minimum atomic E-state index is -2.24. The molecule has 2 N–H and O–H groups in total. The summed E-state index contributed by atoms with van der Waals surface area (Å²) in [6.07, 6.45) is -0.607. The molecular formula is C23H24N2O10. The molecule has 0 unspecified atom stereocenters. The number of nitrogens with two attached hydrogens (primary N) is 1. The number of esters is 4. The van der Waals surface area contributed by atoms with E-state index in [2.05, 4.69) is 0 Å². The summed E-state index contributed by atoms with van der Waals surface area (Å²) >= 11 is 0. The Morgan fingerprint density at radius 3 is 2.23 bits per heavy atom. The molecule has 2 aliphatic rings. The molecule has 1 aromatic carbocycles. The third kappa shape index (κ3) is 3.96. The van der Waals surface area contributed by atoms with Gasteiger partial charge in [0.25, 0.3) is 0 Å². The van der Waals surface area contributed by atoms with Crippen LogP contribution >= 0.6 is 0 Å². The third-order valence-corrected chi connectivity index (χ3v) is 5.61. The number of nitrogens with zero attached hydrogens (tertiary/aromatic N) is 1. The number of methoxy groups -OCH3 is 3. The van der Waals surface area contributed by atoms with Gasteiger partial charge in [0.15, 0.2) is 0 Å². The number of para-hydroxylation sites is 1. The maximum atomic E-state index is 14.2. The molecule has 35 heavy (non-hydrogen) atoms. The lowest BCUT2D eigenvalue weighted by Crippen LogP contribution is -2.50. The highest BCUT2D eigenvalue weighted by molar-refractivity contribution is 6.18. The van der Waals surface area contributed by atoms with Crippen LogP contribution in [-0.2, 0) is 48.3 Å². The van der Waals surface area contributed by atoms with Gasteiger partial charge in [-0.05, 0) is 13.0 Å². The lowest BCUT2D eigenvalue weighted by atomic mass is 9.67. The fourth-order valence-electron chi connectivity index (χ4n) is 4.20. The SMILES string of the molecule is CCOC(=O)C1=C(N)Oc2ccccc2[C@]12C(=O)N(CC(=O)OC)C(CC(=O)OC)=C2C(=O)OC. The van der Waals surface area contributed by atoms with Crippen LogP contribution in [0.25, 0.3) is 0 Å². The van der Waals surface area contributed by atoms with Gasteiger partial charge in [-0.2, -0.15) is 0 Å². The molecule has 0 radical (unpaired) electrons. The Morgan fingerprint density at radius 2 is 1.63 bits per heavy atom. The first-order valence-electron chi connectivity index (χ1n) is 10.4. The van der Waals surface area contributed by atoms with Crippen molar-refractivity contribution in [3.05, 3.63) is 52.6 Å². The normalized spacial score (nSPS) is 18.7. The van der Waals surface area contributed by atoms with Crippen LogP contribution in [0.2, 0.25) is 0 Å². The van der Waals surface area contributed by atoms with Crippen molar-refractivity contribution in [3.63, 3.8) is 0 Å². The molecule has 0 aromatic heterocycles. The summed E-state index contributed by atoms with van der Waals surface area (Å²) < 4.78 is 25.2. The minimum absolute atomic E-state index is 0.0670. The van der Waals surface area contributed by atoms with E-state index >= 15 is 0 Å². The Hall–Kier alpha value is -4.35. The largest absolute Gasteiger partial charge is 0.469 e. The highest BCUT2D eigenvalue weighted by Gasteiger charge is 2.64. The van der Waals surface area contributed by atoms with Crippen molar-refractivity contribution in [2.45, 2.75) is 18.8 Å². The molecule has 0 aliphatic carbocycles. The van der Waals surface area contributed by atoms with Crippen LogP contribution in [0.5, 0.6) is 5.75 Å². The van der Waals surface area contributed by atoms with E-state index in [-0.39, 0.29) is 23.6 Å². The lowest BCUT2D eigenvalue weighted by molar-refractivity contribution is -0.148. The predicted octanol–water partition coefficient (Wildman–Crippen LogP) is 0.0556. The van der Waals surface area contributed by atoms with Gasteiger partial charge in [-0.15, -0.1) is 0 Å². The number of hydrogen-bond donors (Lipinski definition) is 1. The number of ether oxygens (including phenoxy) is 5. The first kappa shape index (κ1) is 25.3. The Bertz CT molecular complexity index is 1170. The molecule has 1 atom stereocenters. The summed E-state index contributed by atoms with van der Waals surface area (Å²) in [5.41, 5.74) is 2.84. The average molecular weight is 488 g/mol. The summed E-state index contributed by atoms with van der Waals surface area (Å²) in [6.45, 7) is 0.779. The van der Waals surface area contributed by atoms with Gasteiger partial charge < -0.3 is 34.3 Å². The van der Waals surface area contributed by atoms with Crippen molar-refractivity contribution in [2.75, 3.05) is 34.5 Å². The molecule has 1 amide bonds. The molecule has 0 saturated heterocycles. The second-order valence-electron chi connectivity index (χ2n) is 7.34. The standard InChI is InChI=1S/C23H24N2O10/c1-5-34-21(29)18-19(24)35-14-9-7-6-8-12(14)23(18)17(20(28)33-4)13(10-15(26)31-2)25(22(23)30)11-16(27)32-3/h6-9H,5,10-11,24H2,1-4H3/t23-/m1/s1. The molecule has 1 spiro atoms. The summed E-state index contributed by atoms with van der Waals surface area (Å²) in [5, 5.41) is 0. The van der Waals surface area contributed by atoms with Crippen LogP contribution < -0.4 is 10.5 Å². The van der Waals surface area contributed by atoms with Crippen molar-refractivity contribution < 1.29 is 47.7 Å². The van der Waals surface area contributed by atoms with E-state index in [4.69, 9.17) is 29.4 Å². The van der Waals surface area contributed by atoms with E-state index in [0.717, 1.165) is 26.2 Å². The number of carbonyl (C=O) groups is 5. The lowest BCUT2D eigenvalue weighted by Gasteiger charge is -2.36. The number of rotatable bonds is 7. The van der Waals surface area contributed by atoms with Gasteiger partial charge in [0, 0.05) is 11.3 Å². The number of carbonyl (C=O) groups excluding carboxylic acids is 5. The van der Waals surface area contributed by atoms with Crippen molar-refractivity contribution in [1.82, 2.24) is 4.90 Å². The molecule has 12 heteroatoms. The fraction of sp³-hybridized carbons (Fsp3) is 0.348. The van der Waals surface area contributed by atoms with E-state index in [1.165, 1.54) is 12.1 Å². The van der Waals surface area contributed by atoms with Crippen LogP contribution in [0.4, 0.5) is 0 Å². The highest BCUT2D eigenvalue weighted by atomic mass is 16.5. The van der Waals surface area contributed by atoms with E-state index in [1.807, 2.05) is 0 Å². The van der Waals surface area contributed by atoms with Gasteiger partial charge in [-0.25, -0.2) is 9.59 Å². The van der Waals surface area contributed by atoms with Gasteiger partial charge >= 0.3 is 23.9 Å². The molecule has 0 fully saturated rings. The number of benzene rings is 1. The number of amides is 1. The van der Waals surface area contributed by atoms with Crippen LogP contribution in [0.15, 0.2) is 47.0 Å². The molecule has 3 rings (SSSR count). The molecule has 2 heterocycles. The molecule has 186 valence electrons. The predicted molar refractivity (Wildman–Crippen MR) is 116 cm³/mol. The fourth-order valence-corrected chi connectivity index (χ4v) is 4.20. The maximum absolute atomic E-state index is 14.2. The highest BCUT2D eigenvalue weighted by Crippen LogP contribution is 2.54. The Morgan fingerprint density at radius 1 is 0.971 bits per heavy atom. The van der Waals surface area contributed by atoms with Crippen molar-refractivity contribution in [3.8, 4) is 5.75 Å². The summed E-state index contributed by atoms with van der Waals surface area (Å²) in [4.78, 5) is 66.1. The molecule has 0 bridgehead atoms. The smallest absolute Gasteiger partial charge is 0.341 e. The van der Waals surface area contributed by atoms with Gasteiger partial charge in [0.1, 0.15) is 23.3 Å². The van der Waals surface area contributed by atoms with E-state index in [0.29, 0.717) is 0 Å². The van der Waals surface area contributed by atoms with Gasteiger partial charge in [0.2, 0.25) is 11.8 Å². The summed E-state index contributed by atoms with van der Waals surface area (Å²) in [5.74, 6) is -5.10. The second kappa shape index (κ2) is 9.87. The van der Waals surface area contributed by atoms with E-state index in [9.17, 15) is 24.0 Å². The molecule has 12 nitrogen and oxygen atoms in total. The zero-order valence-electron chi connectivity index (χ0n) is 19.5. The maximum Gasteiger partial charge on any atom is 0.341 e. The van der Waals surface area contributed by atoms with Crippen molar-refractivity contribution >= 4 is 29.8 Å². The first-order chi connectivity index (χ1) is 16.7. The number of hydrogen-bond acceptors (Lipinski definition) is 11.